The zero-order valence-electron chi connectivity index (χ0n) is 19.3. The molecule has 2 unspecified atom stereocenters. The number of benzene rings is 3. The molecule has 3 rings (SSSR count). The average Bonchev–Trinajstić information content (AvgIpc) is 2.78. The van der Waals surface area contributed by atoms with Crippen LogP contribution in [0.5, 0.6) is 17.2 Å². The fraction of sp³-hybridized carbons (Fsp3) is 0.438. The van der Waals surface area contributed by atoms with Gasteiger partial charge in [0.1, 0.15) is 22.8 Å². The summed E-state index contributed by atoms with van der Waals surface area (Å²) >= 11 is 0. The first-order valence-corrected chi connectivity index (χ1v) is 11.0. The molecule has 0 heterocycles. The van der Waals surface area contributed by atoms with Crippen LogP contribution in [-0.2, 0) is 5.60 Å². The average molecular weight is 483 g/mol. The van der Waals surface area contributed by atoms with Gasteiger partial charge in [-0.3, -0.25) is 0 Å². The van der Waals surface area contributed by atoms with Gasteiger partial charge in [-0.2, -0.15) is 0 Å². The van der Waals surface area contributed by atoms with Crippen LogP contribution in [0, 0.1) is 0 Å². The maximum atomic E-state index is 9.53. The predicted octanol–water partition coefficient (Wildman–Crippen LogP) is 9.95. The van der Waals surface area contributed by atoms with Crippen LogP contribution in [-0.4, -0.2) is 12.2 Å². The summed E-state index contributed by atoms with van der Waals surface area (Å²) < 4.78 is 11.6. The SMILES string of the molecule is C.C.C.C.CCC(CC(C)c1ccc(O)cc1)c1ccc(OC(C)(C)c2ccc(OC)cc2)cc1. The van der Waals surface area contributed by atoms with Crippen molar-refractivity contribution in [3.8, 4) is 17.2 Å². The largest absolute Gasteiger partial charge is 0.508 e. The summed E-state index contributed by atoms with van der Waals surface area (Å²) in [5.74, 6) is 2.93. The molecule has 3 nitrogen and oxygen atoms in total. The van der Waals surface area contributed by atoms with Gasteiger partial charge in [-0.25, -0.2) is 0 Å². The van der Waals surface area contributed by atoms with E-state index >= 15 is 0 Å². The highest BCUT2D eigenvalue weighted by atomic mass is 16.5. The standard InChI is InChI=1S/C28H34O3.4CH4/c1-6-21(19-20(2)22-7-13-25(29)14-8-22)23-9-15-27(16-10-23)31-28(3,4)24-11-17-26(30-5)18-12-24;;;;/h7-18,20-21,29H,6,19H2,1-5H3;4*1H4. The molecule has 0 aromatic heterocycles. The Labute approximate surface area is 216 Å². The number of phenols is 1. The van der Waals surface area contributed by atoms with Crippen LogP contribution in [0.4, 0.5) is 0 Å². The smallest absolute Gasteiger partial charge is 0.128 e. The maximum Gasteiger partial charge on any atom is 0.128 e. The Bertz CT molecular complexity index is 942. The van der Waals surface area contributed by atoms with Gasteiger partial charge in [0.05, 0.1) is 7.11 Å². The van der Waals surface area contributed by atoms with Crippen LogP contribution in [0.1, 0.15) is 98.8 Å². The van der Waals surface area contributed by atoms with Crippen molar-refractivity contribution < 1.29 is 14.6 Å². The van der Waals surface area contributed by atoms with E-state index in [-0.39, 0.29) is 29.7 Å². The minimum Gasteiger partial charge on any atom is -0.508 e. The maximum absolute atomic E-state index is 9.53. The van der Waals surface area contributed by atoms with Crippen molar-refractivity contribution in [3.05, 3.63) is 89.5 Å². The lowest BCUT2D eigenvalue weighted by Crippen LogP contribution is -2.25. The Morgan fingerprint density at radius 3 is 1.71 bits per heavy atom. The molecule has 3 heteroatoms. The molecule has 0 saturated carbocycles. The molecular formula is C32H50O3. The van der Waals surface area contributed by atoms with E-state index in [1.165, 1.54) is 11.1 Å². The fourth-order valence-corrected chi connectivity index (χ4v) is 4.06. The highest BCUT2D eigenvalue weighted by Gasteiger charge is 2.23. The monoisotopic (exact) mass is 482 g/mol. The van der Waals surface area contributed by atoms with Gasteiger partial charge in [0.2, 0.25) is 0 Å². The number of methoxy groups -OCH3 is 1. The topological polar surface area (TPSA) is 38.7 Å². The van der Waals surface area contributed by atoms with Crippen molar-refractivity contribution in [3.63, 3.8) is 0 Å². The summed E-state index contributed by atoms with van der Waals surface area (Å²) in [5.41, 5.74) is 3.26. The summed E-state index contributed by atoms with van der Waals surface area (Å²) in [5, 5.41) is 9.53. The normalized spacial score (nSPS) is 11.9. The second kappa shape index (κ2) is 15.1. The summed E-state index contributed by atoms with van der Waals surface area (Å²) in [7, 11) is 1.67. The van der Waals surface area contributed by atoms with Gasteiger partial charge in [0, 0.05) is 0 Å². The second-order valence-electron chi connectivity index (χ2n) is 8.74. The van der Waals surface area contributed by atoms with Crippen LogP contribution < -0.4 is 9.47 Å². The lowest BCUT2D eigenvalue weighted by Gasteiger charge is -2.28. The molecule has 0 spiro atoms. The third-order valence-corrected chi connectivity index (χ3v) is 6.10. The van der Waals surface area contributed by atoms with E-state index in [2.05, 4.69) is 52.0 Å². The number of ether oxygens (including phenoxy) is 2. The first-order chi connectivity index (χ1) is 14.8. The Morgan fingerprint density at radius 1 is 0.743 bits per heavy atom. The van der Waals surface area contributed by atoms with Crippen LogP contribution in [0.15, 0.2) is 72.8 Å². The van der Waals surface area contributed by atoms with E-state index < -0.39 is 5.60 Å². The molecule has 1 N–H and O–H groups in total. The van der Waals surface area contributed by atoms with Gasteiger partial charge in [-0.15, -0.1) is 0 Å². The van der Waals surface area contributed by atoms with Gasteiger partial charge in [0.15, 0.2) is 0 Å². The molecule has 0 fully saturated rings. The first-order valence-electron chi connectivity index (χ1n) is 11.0. The second-order valence-corrected chi connectivity index (χ2v) is 8.74. The van der Waals surface area contributed by atoms with Crippen molar-refractivity contribution in [2.24, 2.45) is 0 Å². The highest BCUT2D eigenvalue weighted by molar-refractivity contribution is 5.34. The minimum absolute atomic E-state index is 0. The molecule has 0 amide bonds. The molecule has 0 bridgehead atoms. The van der Waals surface area contributed by atoms with E-state index in [1.54, 1.807) is 19.2 Å². The molecule has 35 heavy (non-hydrogen) atoms. The van der Waals surface area contributed by atoms with Crippen molar-refractivity contribution in [1.82, 2.24) is 0 Å². The van der Waals surface area contributed by atoms with E-state index in [0.717, 1.165) is 29.9 Å². The van der Waals surface area contributed by atoms with Crippen LogP contribution in [0.3, 0.4) is 0 Å². The Morgan fingerprint density at radius 2 is 1.23 bits per heavy atom. The van der Waals surface area contributed by atoms with Gasteiger partial charge >= 0.3 is 0 Å². The zero-order chi connectivity index (χ0) is 22.4. The van der Waals surface area contributed by atoms with Gasteiger partial charge in [-0.1, -0.05) is 80.0 Å². The molecule has 0 radical (unpaired) electrons. The molecular weight excluding hydrogens is 432 g/mol. The Kier molecular flexibility index (Phi) is 14.8. The van der Waals surface area contributed by atoms with E-state index in [1.807, 2.05) is 36.4 Å². The number of hydrogen-bond acceptors (Lipinski definition) is 3. The van der Waals surface area contributed by atoms with E-state index in [4.69, 9.17) is 9.47 Å². The molecule has 0 aliphatic carbocycles. The predicted molar refractivity (Wildman–Crippen MR) is 154 cm³/mol. The fourth-order valence-electron chi connectivity index (χ4n) is 4.06. The number of phenolic OH excluding ortho intramolecular Hbond substituents is 1. The summed E-state index contributed by atoms with van der Waals surface area (Å²) in [6, 6.07) is 24.1. The number of aromatic hydroxyl groups is 1. The first kappa shape index (κ1) is 34.2. The number of rotatable bonds is 9. The van der Waals surface area contributed by atoms with Gasteiger partial charge in [0.25, 0.3) is 0 Å². The van der Waals surface area contributed by atoms with Crippen molar-refractivity contribution in [2.45, 2.75) is 87.7 Å². The highest BCUT2D eigenvalue weighted by Crippen LogP contribution is 2.34. The molecule has 196 valence electrons. The Hall–Kier alpha value is -2.94. The van der Waals surface area contributed by atoms with Crippen molar-refractivity contribution in [1.29, 1.82) is 0 Å². The lowest BCUT2D eigenvalue weighted by atomic mass is 9.84. The molecule has 2 atom stereocenters. The van der Waals surface area contributed by atoms with Crippen molar-refractivity contribution in [2.75, 3.05) is 7.11 Å². The third-order valence-electron chi connectivity index (χ3n) is 6.10. The molecule has 0 saturated heterocycles. The van der Waals surface area contributed by atoms with Crippen LogP contribution >= 0.6 is 0 Å². The van der Waals surface area contributed by atoms with E-state index in [9.17, 15) is 5.11 Å². The van der Waals surface area contributed by atoms with Crippen LogP contribution in [0.25, 0.3) is 0 Å². The minimum atomic E-state index is -0.439. The molecule has 0 aliphatic heterocycles. The third kappa shape index (κ3) is 8.98. The van der Waals surface area contributed by atoms with Gasteiger partial charge in [-0.05, 0) is 91.6 Å². The number of hydrogen-bond donors (Lipinski definition) is 1. The van der Waals surface area contributed by atoms with E-state index in [0.29, 0.717) is 17.6 Å². The van der Waals surface area contributed by atoms with Crippen LogP contribution in [0.2, 0.25) is 0 Å². The molecule has 3 aromatic rings. The summed E-state index contributed by atoms with van der Waals surface area (Å²) in [6.07, 6.45) is 2.15. The zero-order valence-corrected chi connectivity index (χ0v) is 19.3. The quantitative estimate of drug-likeness (QED) is 0.330. The molecule has 0 aliphatic rings. The lowest BCUT2D eigenvalue weighted by molar-refractivity contribution is 0.109. The molecule has 3 aromatic carbocycles. The summed E-state index contributed by atoms with van der Waals surface area (Å²) in [4.78, 5) is 0. The Balaban J connectivity index is 0. The summed E-state index contributed by atoms with van der Waals surface area (Å²) in [6.45, 7) is 8.66. The van der Waals surface area contributed by atoms with Crippen molar-refractivity contribution >= 4 is 0 Å². The van der Waals surface area contributed by atoms with Gasteiger partial charge < -0.3 is 14.6 Å².